The molecule has 0 aliphatic carbocycles. The second-order valence-electron chi connectivity index (χ2n) is 9.82. The third-order valence-electron chi connectivity index (χ3n) is 7.08. The van der Waals surface area contributed by atoms with E-state index in [9.17, 15) is 10.4 Å². The third kappa shape index (κ3) is 6.07. The first kappa shape index (κ1) is 30.1. The first-order valence-corrected chi connectivity index (χ1v) is 14.1. The van der Waals surface area contributed by atoms with Crippen LogP contribution in [0.25, 0.3) is 10.9 Å². The third-order valence-corrected chi connectivity index (χ3v) is 7.71. The number of ether oxygens (including phenoxy) is 3. The van der Waals surface area contributed by atoms with Gasteiger partial charge in [-0.2, -0.15) is 5.26 Å². The number of nitrogens with zero attached hydrogens (tertiary/aromatic N) is 4. The van der Waals surface area contributed by atoms with Gasteiger partial charge in [-0.3, -0.25) is 0 Å². The van der Waals surface area contributed by atoms with Gasteiger partial charge in [0.05, 0.1) is 44.4 Å². The van der Waals surface area contributed by atoms with E-state index in [-0.39, 0.29) is 23.6 Å². The van der Waals surface area contributed by atoms with E-state index >= 15 is 4.39 Å². The molecule has 41 heavy (non-hydrogen) atoms. The number of hydrogen-bond acceptors (Lipinski definition) is 9. The number of thioether (sulfide) groups is 1. The maximum atomic E-state index is 16.2. The molecule has 0 fully saturated rings. The molecule has 8 nitrogen and oxygen atoms in total. The molecule has 0 saturated heterocycles. The van der Waals surface area contributed by atoms with Gasteiger partial charge in [0.15, 0.2) is 11.6 Å². The van der Waals surface area contributed by atoms with Crippen molar-refractivity contribution in [2.24, 2.45) is 0 Å². The van der Waals surface area contributed by atoms with Crippen LogP contribution in [0, 0.1) is 17.1 Å². The van der Waals surface area contributed by atoms with Crippen LogP contribution in [0.1, 0.15) is 34.6 Å². The fourth-order valence-electron chi connectivity index (χ4n) is 4.99. The quantitative estimate of drug-likeness (QED) is 0.237. The molecule has 0 bridgehead atoms. The maximum Gasteiger partial charge on any atom is 0.217 e. The summed E-state index contributed by atoms with van der Waals surface area (Å²) in [6.45, 7) is 0.472. The van der Waals surface area contributed by atoms with E-state index in [2.05, 4.69) is 11.1 Å². The fraction of sp³-hybridized carbons (Fsp3) is 0.323. The Hall–Kier alpha value is -3.91. The van der Waals surface area contributed by atoms with Crippen molar-refractivity contribution in [3.05, 3.63) is 82.7 Å². The highest BCUT2D eigenvalue weighted by atomic mass is 32.2. The van der Waals surface area contributed by atoms with Crippen LogP contribution in [-0.2, 0) is 5.60 Å². The smallest absolute Gasteiger partial charge is 0.217 e. The molecule has 2 atom stereocenters. The molecule has 0 spiro atoms. The van der Waals surface area contributed by atoms with Crippen molar-refractivity contribution in [1.29, 1.82) is 5.26 Å². The minimum atomic E-state index is -1.70. The van der Waals surface area contributed by atoms with Gasteiger partial charge in [-0.15, -0.1) is 11.8 Å². The Morgan fingerprint density at radius 3 is 2.44 bits per heavy atom. The second-order valence-corrected chi connectivity index (χ2v) is 10.6. The number of aromatic nitrogens is 2. The number of aliphatic hydroxyl groups is 1. The Kier molecular flexibility index (Phi) is 9.33. The van der Waals surface area contributed by atoms with Crippen LogP contribution >= 0.6 is 11.8 Å². The number of halogens is 1. The Balaban J connectivity index is 2.13. The monoisotopic (exact) mass is 576 g/mol. The number of hydrogen-bond donors (Lipinski definition) is 1. The zero-order valence-corrected chi connectivity index (χ0v) is 24.8. The van der Waals surface area contributed by atoms with Crippen molar-refractivity contribution in [2.75, 3.05) is 48.2 Å². The Morgan fingerprint density at radius 2 is 1.80 bits per heavy atom. The van der Waals surface area contributed by atoms with E-state index in [0.29, 0.717) is 45.0 Å². The van der Waals surface area contributed by atoms with E-state index in [1.165, 1.54) is 39.2 Å². The van der Waals surface area contributed by atoms with E-state index in [1.54, 1.807) is 48.5 Å². The van der Waals surface area contributed by atoms with Crippen molar-refractivity contribution < 1.29 is 23.7 Å². The molecule has 2 aromatic heterocycles. The van der Waals surface area contributed by atoms with Crippen molar-refractivity contribution in [3.63, 3.8) is 0 Å². The van der Waals surface area contributed by atoms with Crippen LogP contribution in [0.2, 0.25) is 0 Å². The van der Waals surface area contributed by atoms with Crippen LogP contribution in [0.15, 0.2) is 59.6 Å². The molecule has 0 radical (unpaired) electrons. The molecule has 1 N–H and O–H groups in total. The second kappa shape index (κ2) is 12.7. The minimum absolute atomic E-state index is 0.0408. The highest BCUT2D eigenvalue weighted by Gasteiger charge is 2.44. The van der Waals surface area contributed by atoms with Crippen LogP contribution in [0.4, 0.5) is 4.39 Å². The lowest BCUT2D eigenvalue weighted by Crippen LogP contribution is -2.38. The highest BCUT2D eigenvalue weighted by Crippen LogP contribution is 2.49. The molecule has 4 aromatic rings. The van der Waals surface area contributed by atoms with Crippen molar-refractivity contribution in [2.45, 2.75) is 23.0 Å². The molecule has 0 unspecified atom stereocenters. The molecule has 2 aromatic carbocycles. The van der Waals surface area contributed by atoms with E-state index in [4.69, 9.17) is 19.2 Å². The minimum Gasteiger partial charge on any atom is -0.494 e. The summed E-state index contributed by atoms with van der Waals surface area (Å²) in [4.78, 5) is 11.1. The Morgan fingerprint density at radius 1 is 1.02 bits per heavy atom. The molecule has 0 aliphatic heterocycles. The van der Waals surface area contributed by atoms with Gasteiger partial charge in [0.1, 0.15) is 10.6 Å². The number of benzene rings is 2. The van der Waals surface area contributed by atoms with E-state index in [0.717, 1.165) is 0 Å². The summed E-state index contributed by atoms with van der Waals surface area (Å²) in [5.41, 5.74) is 0.490. The van der Waals surface area contributed by atoms with Crippen LogP contribution in [0.5, 0.6) is 17.5 Å². The van der Waals surface area contributed by atoms with Crippen LogP contribution in [0.3, 0.4) is 0 Å². The average molecular weight is 577 g/mol. The normalized spacial score (nSPS) is 13.5. The first-order valence-electron chi connectivity index (χ1n) is 12.9. The lowest BCUT2D eigenvalue weighted by molar-refractivity contribution is 0.00230. The molecule has 0 amide bonds. The molecular weight excluding hydrogens is 543 g/mol. The van der Waals surface area contributed by atoms with E-state index < -0.39 is 17.3 Å². The van der Waals surface area contributed by atoms with Crippen molar-refractivity contribution in [3.8, 4) is 23.6 Å². The molecule has 4 rings (SSSR count). The number of pyridine rings is 2. The van der Waals surface area contributed by atoms with Gasteiger partial charge in [-0.05, 0) is 68.7 Å². The summed E-state index contributed by atoms with van der Waals surface area (Å²) >= 11 is 1.40. The molecule has 0 aliphatic rings. The average Bonchev–Trinajstić information content (AvgIpc) is 2.99. The lowest BCUT2D eigenvalue weighted by atomic mass is 9.71. The topological polar surface area (TPSA) is 101 Å². The van der Waals surface area contributed by atoms with Gasteiger partial charge in [0.2, 0.25) is 11.8 Å². The predicted molar refractivity (Wildman–Crippen MR) is 157 cm³/mol. The fourth-order valence-corrected chi connectivity index (χ4v) is 5.42. The van der Waals surface area contributed by atoms with Crippen LogP contribution < -0.4 is 14.2 Å². The van der Waals surface area contributed by atoms with Gasteiger partial charge in [-0.1, -0.05) is 12.1 Å². The summed E-state index contributed by atoms with van der Waals surface area (Å²) in [5.74, 6) is -1.04. The number of methoxy groups -OCH3 is 3. The summed E-state index contributed by atoms with van der Waals surface area (Å²) < 4.78 is 32.8. The molecular formula is C31H33FN4O4S. The standard InChI is InChI=1S/C31H33FN4O4S/c1-36(2)13-12-31(37,21-16-26(39-4)35-27(17-21)41-6)28(22-8-7-9-25(38-3)29(22)32)23-15-20-14-19(18-33)10-11-24(20)34-30(23)40-5/h7-11,14-17,28,37H,12-13H2,1-6H3/t28-,31-/m1/s1. The largest absolute Gasteiger partial charge is 0.494 e. The van der Waals surface area contributed by atoms with Gasteiger partial charge in [-0.25, -0.2) is 14.4 Å². The predicted octanol–water partition coefficient (Wildman–Crippen LogP) is 5.36. The molecule has 2 heterocycles. The Labute approximate surface area is 243 Å². The van der Waals surface area contributed by atoms with Gasteiger partial charge >= 0.3 is 0 Å². The van der Waals surface area contributed by atoms with E-state index in [1.807, 2.05) is 25.3 Å². The van der Waals surface area contributed by atoms with Crippen molar-refractivity contribution in [1.82, 2.24) is 14.9 Å². The Bertz CT molecular complexity index is 1570. The summed E-state index contributed by atoms with van der Waals surface area (Å²) in [6, 6.07) is 17.4. The number of fused-ring (bicyclic) bond motifs is 1. The molecule has 0 saturated carbocycles. The summed E-state index contributed by atoms with van der Waals surface area (Å²) in [7, 11) is 8.21. The summed E-state index contributed by atoms with van der Waals surface area (Å²) in [5, 5.41) is 23.8. The zero-order valence-electron chi connectivity index (χ0n) is 23.9. The SMILES string of the molecule is COc1cc([C@](O)(CCN(C)C)[C@@H](c2cc3cc(C#N)ccc3nc2OC)c2cccc(OC)c2F)cc(SC)n1. The number of nitriles is 1. The van der Waals surface area contributed by atoms with Crippen molar-refractivity contribution >= 4 is 22.7 Å². The van der Waals surface area contributed by atoms with Gasteiger partial charge < -0.3 is 24.2 Å². The summed E-state index contributed by atoms with van der Waals surface area (Å²) in [6.07, 6.45) is 2.09. The number of rotatable bonds is 11. The van der Waals surface area contributed by atoms with Crippen LogP contribution in [-0.4, -0.2) is 68.2 Å². The molecule has 10 heteroatoms. The maximum absolute atomic E-state index is 16.2. The zero-order chi connectivity index (χ0) is 29.7. The van der Waals surface area contributed by atoms with Gasteiger partial charge in [0.25, 0.3) is 0 Å². The molecule has 214 valence electrons. The van der Waals surface area contributed by atoms with Gasteiger partial charge in [0, 0.05) is 29.1 Å². The highest BCUT2D eigenvalue weighted by molar-refractivity contribution is 7.98. The lowest BCUT2D eigenvalue weighted by Gasteiger charge is -2.39. The first-order chi connectivity index (χ1) is 19.7.